The molecule has 1 nitrogen and oxygen atoms in total. The maximum atomic E-state index is 9.67. The molecule has 0 saturated heterocycles. The number of aliphatic hydroxyl groups is 1. The normalized spacial score (nSPS) is 19.3. The molecule has 2 heteroatoms. The molecule has 1 unspecified atom stereocenters. The van der Waals surface area contributed by atoms with E-state index >= 15 is 0 Å². The Morgan fingerprint density at radius 2 is 1.93 bits per heavy atom. The Bertz CT molecular complexity index is 316. The summed E-state index contributed by atoms with van der Waals surface area (Å²) in [5.41, 5.74) is 1.08. The van der Waals surface area contributed by atoms with Crippen molar-refractivity contribution in [1.82, 2.24) is 0 Å². The zero-order valence-electron chi connectivity index (χ0n) is 9.15. The average Bonchev–Trinajstić information content (AvgIpc) is 2.71. The van der Waals surface area contributed by atoms with Crippen LogP contribution in [0, 0.1) is 0 Å². The number of hydrogen-bond acceptors (Lipinski definition) is 2. The minimum atomic E-state index is -0.352. The van der Waals surface area contributed by atoms with Gasteiger partial charge in [0.15, 0.2) is 0 Å². The van der Waals surface area contributed by atoms with Crippen molar-refractivity contribution in [2.45, 2.75) is 48.9 Å². The topological polar surface area (TPSA) is 20.2 Å². The van der Waals surface area contributed by atoms with E-state index < -0.39 is 0 Å². The highest BCUT2D eigenvalue weighted by atomic mass is 32.2. The van der Waals surface area contributed by atoms with Crippen molar-refractivity contribution >= 4 is 11.8 Å². The molecule has 0 aliphatic heterocycles. The van der Waals surface area contributed by atoms with Crippen LogP contribution in [-0.2, 0) is 0 Å². The van der Waals surface area contributed by atoms with Crippen LogP contribution in [0.5, 0.6) is 0 Å². The van der Waals surface area contributed by atoms with E-state index in [4.69, 9.17) is 0 Å². The van der Waals surface area contributed by atoms with Crippen LogP contribution in [0.3, 0.4) is 0 Å². The summed E-state index contributed by atoms with van der Waals surface area (Å²) in [5, 5.41) is 10.4. The van der Waals surface area contributed by atoms with Gasteiger partial charge in [0.1, 0.15) is 0 Å². The lowest BCUT2D eigenvalue weighted by atomic mass is 10.1. The predicted molar refractivity (Wildman–Crippen MR) is 65.2 cm³/mol. The molecule has 1 atom stereocenters. The number of hydrogen-bond donors (Lipinski definition) is 1. The van der Waals surface area contributed by atoms with Crippen molar-refractivity contribution in [2.24, 2.45) is 0 Å². The van der Waals surface area contributed by atoms with E-state index in [-0.39, 0.29) is 6.10 Å². The third-order valence-corrected chi connectivity index (χ3v) is 4.40. The van der Waals surface area contributed by atoms with Gasteiger partial charge in [0.25, 0.3) is 0 Å². The Balaban J connectivity index is 2.12. The van der Waals surface area contributed by atoms with Gasteiger partial charge in [-0.15, -0.1) is 11.8 Å². The highest BCUT2D eigenvalue weighted by molar-refractivity contribution is 8.00. The first kappa shape index (κ1) is 11.0. The molecule has 0 amide bonds. The summed E-state index contributed by atoms with van der Waals surface area (Å²) >= 11 is 1.95. The highest BCUT2D eigenvalue weighted by Crippen LogP contribution is 2.37. The van der Waals surface area contributed by atoms with Gasteiger partial charge in [-0.2, -0.15) is 0 Å². The molecule has 82 valence electrons. The fraction of sp³-hybridized carbons (Fsp3) is 0.538. The molecule has 0 bridgehead atoms. The third kappa shape index (κ3) is 2.76. The summed E-state index contributed by atoms with van der Waals surface area (Å²) < 4.78 is 0. The molecule has 0 radical (unpaired) electrons. The highest BCUT2D eigenvalue weighted by Gasteiger charge is 2.18. The lowest BCUT2D eigenvalue weighted by molar-refractivity contribution is 0.196. The minimum absolute atomic E-state index is 0.352. The SMILES string of the molecule is CC(O)c1ccccc1SC1CCCC1. The summed E-state index contributed by atoms with van der Waals surface area (Å²) in [4.78, 5) is 1.26. The summed E-state index contributed by atoms with van der Waals surface area (Å²) in [6, 6.07) is 8.22. The number of rotatable bonds is 3. The monoisotopic (exact) mass is 222 g/mol. The second-order valence-electron chi connectivity index (χ2n) is 4.24. The number of benzene rings is 1. The van der Waals surface area contributed by atoms with E-state index in [1.54, 1.807) is 0 Å². The molecule has 15 heavy (non-hydrogen) atoms. The van der Waals surface area contributed by atoms with Crippen LogP contribution in [0.4, 0.5) is 0 Å². The maximum Gasteiger partial charge on any atom is 0.0772 e. The van der Waals surface area contributed by atoms with Gasteiger partial charge in [-0.1, -0.05) is 31.0 Å². The molecular weight excluding hydrogens is 204 g/mol. The molecule has 1 aromatic carbocycles. The van der Waals surface area contributed by atoms with Crippen LogP contribution in [0.2, 0.25) is 0 Å². The Labute approximate surface area is 95.9 Å². The van der Waals surface area contributed by atoms with Gasteiger partial charge < -0.3 is 5.11 Å². The summed E-state index contributed by atoms with van der Waals surface area (Å²) in [6.45, 7) is 1.84. The van der Waals surface area contributed by atoms with Gasteiger partial charge in [-0.25, -0.2) is 0 Å². The lowest BCUT2D eigenvalue weighted by Gasteiger charge is -2.14. The van der Waals surface area contributed by atoms with Crippen molar-refractivity contribution in [3.05, 3.63) is 29.8 Å². The fourth-order valence-electron chi connectivity index (χ4n) is 2.12. The van der Waals surface area contributed by atoms with E-state index in [9.17, 15) is 5.11 Å². The van der Waals surface area contributed by atoms with Crippen LogP contribution >= 0.6 is 11.8 Å². The molecule has 0 aromatic heterocycles. The average molecular weight is 222 g/mol. The second kappa shape index (κ2) is 5.04. The zero-order valence-corrected chi connectivity index (χ0v) is 9.96. The molecule has 1 aliphatic rings. The molecule has 1 saturated carbocycles. The molecule has 0 spiro atoms. The van der Waals surface area contributed by atoms with Gasteiger partial charge in [0.05, 0.1) is 6.10 Å². The third-order valence-electron chi connectivity index (χ3n) is 2.96. The molecule has 0 heterocycles. The van der Waals surface area contributed by atoms with E-state index in [2.05, 4.69) is 12.1 Å². The van der Waals surface area contributed by atoms with Crippen LogP contribution in [-0.4, -0.2) is 10.4 Å². The van der Waals surface area contributed by atoms with Crippen molar-refractivity contribution in [1.29, 1.82) is 0 Å². The number of thioether (sulfide) groups is 1. The first-order chi connectivity index (χ1) is 7.27. The molecule has 1 N–H and O–H groups in total. The summed E-state index contributed by atoms with van der Waals surface area (Å²) in [5.74, 6) is 0. The Morgan fingerprint density at radius 1 is 1.27 bits per heavy atom. The largest absolute Gasteiger partial charge is 0.389 e. The second-order valence-corrected chi connectivity index (χ2v) is 5.58. The molecule has 1 aromatic rings. The quantitative estimate of drug-likeness (QED) is 0.840. The van der Waals surface area contributed by atoms with Crippen molar-refractivity contribution in [2.75, 3.05) is 0 Å². The van der Waals surface area contributed by atoms with Gasteiger partial charge in [-0.3, -0.25) is 0 Å². The zero-order chi connectivity index (χ0) is 10.7. The van der Waals surface area contributed by atoms with Gasteiger partial charge in [-0.05, 0) is 31.4 Å². The van der Waals surface area contributed by atoms with Gasteiger partial charge in [0, 0.05) is 10.1 Å². The van der Waals surface area contributed by atoms with Crippen LogP contribution < -0.4 is 0 Å². The lowest BCUT2D eigenvalue weighted by Crippen LogP contribution is -1.98. The molecule has 1 aliphatic carbocycles. The first-order valence-electron chi connectivity index (χ1n) is 5.71. The van der Waals surface area contributed by atoms with Crippen molar-refractivity contribution in [3.8, 4) is 0 Å². The Hall–Kier alpha value is -0.470. The summed E-state index contributed by atoms with van der Waals surface area (Å²) in [6.07, 6.45) is 5.05. The molecule has 2 rings (SSSR count). The van der Waals surface area contributed by atoms with E-state index in [0.29, 0.717) is 0 Å². The van der Waals surface area contributed by atoms with Crippen molar-refractivity contribution < 1.29 is 5.11 Å². The minimum Gasteiger partial charge on any atom is -0.389 e. The Morgan fingerprint density at radius 3 is 2.60 bits per heavy atom. The van der Waals surface area contributed by atoms with E-state index in [1.165, 1.54) is 30.6 Å². The van der Waals surface area contributed by atoms with Crippen molar-refractivity contribution in [3.63, 3.8) is 0 Å². The fourth-order valence-corrected chi connectivity index (χ4v) is 3.58. The standard InChI is InChI=1S/C13H18OS/c1-10(14)12-8-4-5-9-13(12)15-11-6-2-3-7-11/h4-5,8-11,14H,2-3,6-7H2,1H3. The van der Waals surface area contributed by atoms with E-state index in [0.717, 1.165) is 10.8 Å². The number of aliphatic hydroxyl groups excluding tert-OH is 1. The van der Waals surface area contributed by atoms with Gasteiger partial charge in [0.2, 0.25) is 0 Å². The molecular formula is C13H18OS. The van der Waals surface area contributed by atoms with E-state index in [1.807, 2.05) is 30.8 Å². The summed E-state index contributed by atoms with van der Waals surface area (Å²) in [7, 11) is 0. The van der Waals surface area contributed by atoms with Crippen LogP contribution in [0.15, 0.2) is 29.2 Å². The van der Waals surface area contributed by atoms with Crippen LogP contribution in [0.25, 0.3) is 0 Å². The Kier molecular flexibility index (Phi) is 3.71. The van der Waals surface area contributed by atoms with Crippen LogP contribution in [0.1, 0.15) is 44.3 Å². The molecule has 1 fully saturated rings. The first-order valence-corrected chi connectivity index (χ1v) is 6.59. The van der Waals surface area contributed by atoms with Gasteiger partial charge >= 0.3 is 0 Å². The predicted octanol–water partition coefficient (Wildman–Crippen LogP) is 3.77. The smallest absolute Gasteiger partial charge is 0.0772 e. The maximum absolute atomic E-state index is 9.67.